The van der Waals surface area contributed by atoms with Crippen LogP contribution in [0.4, 0.5) is 0 Å². The van der Waals surface area contributed by atoms with Gasteiger partial charge in [0.15, 0.2) is 11.5 Å². The number of rotatable bonds is 15. The van der Waals surface area contributed by atoms with Gasteiger partial charge in [-0.15, -0.1) is 0 Å². The molecule has 2 aromatic carbocycles. The third kappa shape index (κ3) is 7.27. The van der Waals surface area contributed by atoms with E-state index in [0.29, 0.717) is 30.3 Å². The van der Waals surface area contributed by atoms with Crippen molar-refractivity contribution in [1.82, 2.24) is 4.90 Å². The van der Waals surface area contributed by atoms with Crippen LogP contribution < -0.4 is 18.9 Å². The minimum atomic E-state index is -0.672. The topological polar surface area (TPSA) is 84.2 Å². The molecule has 1 atom stereocenters. The van der Waals surface area contributed by atoms with Crippen molar-refractivity contribution in [3.63, 3.8) is 0 Å². The van der Waals surface area contributed by atoms with Crippen LogP contribution >= 0.6 is 0 Å². The molecule has 0 aliphatic rings. The molecule has 1 unspecified atom stereocenters. The number of methoxy groups -OCH3 is 3. The molecule has 192 valence electrons. The van der Waals surface area contributed by atoms with E-state index >= 15 is 0 Å². The molecule has 1 N–H and O–H groups in total. The summed E-state index contributed by atoms with van der Waals surface area (Å²) in [5, 5.41) is 19.6. The van der Waals surface area contributed by atoms with Crippen LogP contribution in [0.3, 0.4) is 0 Å². The van der Waals surface area contributed by atoms with Crippen molar-refractivity contribution in [3.8, 4) is 29.1 Å². The first-order valence-corrected chi connectivity index (χ1v) is 12.1. The van der Waals surface area contributed by atoms with Crippen LogP contribution in [0.1, 0.15) is 44.2 Å². The van der Waals surface area contributed by atoms with Crippen molar-refractivity contribution in [2.45, 2.75) is 45.1 Å². The lowest BCUT2D eigenvalue weighted by molar-refractivity contribution is 0.250. The van der Waals surface area contributed by atoms with E-state index in [0.717, 1.165) is 42.8 Å². The van der Waals surface area contributed by atoms with Gasteiger partial charge in [-0.1, -0.05) is 26.0 Å². The predicted octanol–water partition coefficient (Wildman–Crippen LogP) is 4.80. The van der Waals surface area contributed by atoms with Gasteiger partial charge in [0.25, 0.3) is 0 Å². The van der Waals surface area contributed by atoms with Crippen LogP contribution in [0.25, 0.3) is 0 Å². The van der Waals surface area contributed by atoms with Gasteiger partial charge in [-0.3, -0.25) is 0 Å². The number of nitrogens with zero attached hydrogens (tertiary/aromatic N) is 2. The van der Waals surface area contributed by atoms with Crippen molar-refractivity contribution >= 4 is 0 Å². The third-order valence-electron chi connectivity index (χ3n) is 6.51. The van der Waals surface area contributed by atoms with Gasteiger partial charge >= 0.3 is 0 Å². The van der Waals surface area contributed by atoms with Gasteiger partial charge in [0.1, 0.15) is 5.75 Å². The molecule has 0 saturated heterocycles. The molecule has 0 amide bonds. The standard InChI is InChI=1S/C28H40N2O5/c1-21(2)28(20-29,23-17-25(32-4)27(34-6)26(18-23)33-5)12-8-13-30(3)14-9-15-35-24-11-7-10-22(16-24)19-31/h7,10-11,16-18,21,31H,8-9,12-15,19H2,1-6H3. The van der Waals surface area contributed by atoms with E-state index in [4.69, 9.17) is 18.9 Å². The van der Waals surface area contributed by atoms with Crippen LogP contribution in [-0.4, -0.2) is 58.1 Å². The summed E-state index contributed by atoms with van der Waals surface area (Å²) in [6, 6.07) is 13.9. The Morgan fingerprint density at radius 2 is 1.66 bits per heavy atom. The summed E-state index contributed by atoms with van der Waals surface area (Å²) in [6.07, 6.45) is 2.48. The molecule has 0 spiro atoms. The fourth-order valence-corrected chi connectivity index (χ4v) is 4.35. The lowest BCUT2D eigenvalue weighted by atomic mass is 9.69. The molecular weight excluding hydrogens is 444 g/mol. The van der Waals surface area contributed by atoms with Crippen molar-refractivity contribution in [2.24, 2.45) is 5.92 Å². The molecule has 0 aromatic heterocycles. The van der Waals surface area contributed by atoms with Gasteiger partial charge in [0.05, 0.1) is 46.0 Å². The average molecular weight is 485 g/mol. The Labute approximate surface area is 210 Å². The summed E-state index contributed by atoms with van der Waals surface area (Å²) in [4.78, 5) is 2.27. The number of benzene rings is 2. The minimum Gasteiger partial charge on any atom is -0.494 e. The summed E-state index contributed by atoms with van der Waals surface area (Å²) >= 11 is 0. The molecule has 2 rings (SSSR count). The fraction of sp³-hybridized carbons (Fsp3) is 0.536. The van der Waals surface area contributed by atoms with Crippen LogP contribution in [0, 0.1) is 17.2 Å². The third-order valence-corrected chi connectivity index (χ3v) is 6.51. The maximum absolute atomic E-state index is 10.3. The molecule has 0 fully saturated rings. The van der Waals surface area contributed by atoms with Crippen LogP contribution in [0.15, 0.2) is 36.4 Å². The lowest BCUT2D eigenvalue weighted by Crippen LogP contribution is -2.32. The van der Waals surface area contributed by atoms with E-state index in [1.165, 1.54) is 0 Å². The SMILES string of the molecule is COc1cc(C(C#N)(CCCN(C)CCCOc2cccc(CO)c2)C(C)C)cc(OC)c1OC. The lowest BCUT2D eigenvalue weighted by Gasteiger charge is -2.33. The van der Waals surface area contributed by atoms with Crippen molar-refractivity contribution in [3.05, 3.63) is 47.5 Å². The normalized spacial score (nSPS) is 12.8. The zero-order valence-electron chi connectivity index (χ0n) is 22.0. The van der Waals surface area contributed by atoms with Gasteiger partial charge in [-0.25, -0.2) is 0 Å². The molecule has 0 radical (unpaired) electrons. The predicted molar refractivity (Wildman–Crippen MR) is 137 cm³/mol. The van der Waals surface area contributed by atoms with Gasteiger partial charge in [0, 0.05) is 6.54 Å². The van der Waals surface area contributed by atoms with Gasteiger partial charge in [-0.2, -0.15) is 5.26 Å². The second-order valence-electron chi connectivity index (χ2n) is 9.07. The Hall–Kier alpha value is -2.95. The largest absolute Gasteiger partial charge is 0.494 e. The molecule has 35 heavy (non-hydrogen) atoms. The molecular formula is C28H40N2O5. The van der Waals surface area contributed by atoms with Crippen LogP contribution in [-0.2, 0) is 12.0 Å². The maximum atomic E-state index is 10.3. The monoisotopic (exact) mass is 484 g/mol. The summed E-state index contributed by atoms with van der Waals surface area (Å²) in [6.45, 7) is 6.56. The Balaban J connectivity index is 1.98. The zero-order chi connectivity index (χ0) is 25.8. The summed E-state index contributed by atoms with van der Waals surface area (Å²) in [5.74, 6) is 2.52. The summed E-state index contributed by atoms with van der Waals surface area (Å²) in [5.41, 5.74) is 1.05. The van der Waals surface area contributed by atoms with Crippen LogP contribution in [0.2, 0.25) is 0 Å². The quantitative estimate of drug-likeness (QED) is 0.363. The molecule has 0 bridgehead atoms. The second kappa shape index (κ2) is 13.8. The number of ether oxygens (including phenoxy) is 4. The first kappa shape index (κ1) is 28.3. The van der Waals surface area contributed by atoms with E-state index in [1.54, 1.807) is 21.3 Å². The molecule has 7 nitrogen and oxygen atoms in total. The molecule has 0 aliphatic heterocycles. The van der Waals surface area contributed by atoms with Gasteiger partial charge in [-0.05, 0) is 74.2 Å². The van der Waals surface area contributed by atoms with E-state index in [-0.39, 0.29) is 12.5 Å². The number of hydrogen-bond acceptors (Lipinski definition) is 7. The molecule has 2 aromatic rings. The number of aliphatic hydroxyl groups is 1. The number of hydrogen-bond donors (Lipinski definition) is 1. The van der Waals surface area contributed by atoms with Crippen molar-refractivity contribution < 1.29 is 24.1 Å². The summed E-state index contributed by atoms with van der Waals surface area (Å²) in [7, 11) is 6.85. The van der Waals surface area contributed by atoms with E-state index in [1.807, 2.05) is 36.4 Å². The molecule has 0 heterocycles. The highest BCUT2D eigenvalue weighted by Crippen LogP contribution is 2.45. The zero-order valence-corrected chi connectivity index (χ0v) is 22.0. The smallest absolute Gasteiger partial charge is 0.203 e. The van der Waals surface area contributed by atoms with Gasteiger partial charge in [0.2, 0.25) is 5.75 Å². The Morgan fingerprint density at radius 3 is 2.20 bits per heavy atom. The first-order chi connectivity index (χ1) is 16.8. The van der Waals surface area contributed by atoms with E-state index < -0.39 is 5.41 Å². The molecule has 0 aliphatic carbocycles. The van der Waals surface area contributed by atoms with E-state index in [2.05, 4.69) is 31.9 Å². The summed E-state index contributed by atoms with van der Waals surface area (Å²) < 4.78 is 22.3. The Morgan fingerprint density at radius 1 is 1.00 bits per heavy atom. The highest BCUT2D eigenvalue weighted by Gasteiger charge is 2.37. The Bertz CT molecular complexity index is 947. The van der Waals surface area contributed by atoms with Gasteiger partial charge < -0.3 is 29.0 Å². The highest BCUT2D eigenvalue weighted by molar-refractivity contribution is 5.56. The van der Waals surface area contributed by atoms with Crippen LogP contribution in [0.5, 0.6) is 23.0 Å². The number of aliphatic hydroxyl groups excluding tert-OH is 1. The van der Waals surface area contributed by atoms with E-state index in [9.17, 15) is 10.4 Å². The molecule has 0 saturated carbocycles. The van der Waals surface area contributed by atoms with Crippen molar-refractivity contribution in [2.75, 3.05) is 48.1 Å². The number of nitriles is 1. The fourth-order valence-electron chi connectivity index (χ4n) is 4.35. The second-order valence-corrected chi connectivity index (χ2v) is 9.07. The van der Waals surface area contributed by atoms with Crippen molar-refractivity contribution in [1.29, 1.82) is 5.26 Å². The molecule has 7 heteroatoms. The first-order valence-electron chi connectivity index (χ1n) is 12.1. The minimum absolute atomic E-state index is 0.0105. The highest BCUT2D eigenvalue weighted by atomic mass is 16.5. The maximum Gasteiger partial charge on any atom is 0.203 e. The Kier molecular flexibility index (Phi) is 11.2. The average Bonchev–Trinajstić information content (AvgIpc) is 2.88.